The molecule has 27 heavy (non-hydrogen) atoms. The first-order chi connectivity index (χ1) is 13.0. The van der Waals surface area contributed by atoms with Gasteiger partial charge in [0, 0.05) is 0 Å². The number of anilines is 2. The molecule has 144 valence electrons. The van der Waals surface area contributed by atoms with Crippen LogP contribution in [0, 0.1) is 6.92 Å². The fourth-order valence-electron chi connectivity index (χ4n) is 3.31. The molecule has 7 heteroatoms. The van der Waals surface area contributed by atoms with Crippen LogP contribution < -0.4 is 19.9 Å². The van der Waals surface area contributed by atoms with Gasteiger partial charge in [-0.1, -0.05) is 41.4 Å². The van der Waals surface area contributed by atoms with Crippen LogP contribution in [0.4, 0.5) is 11.4 Å². The summed E-state index contributed by atoms with van der Waals surface area (Å²) < 4.78 is 5.45. The number of methoxy groups -OCH3 is 1. The van der Waals surface area contributed by atoms with Crippen molar-refractivity contribution in [3.05, 3.63) is 52.0 Å². The third-order valence-electron chi connectivity index (χ3n) is 4.86. The van der Waals surface area contributed by atoms with Gasteiger partial charge in [0.1, 0.15) is 5.75 Å². The molecular formula is C20H24Cl2N3O2+. The Morgan fingerprint density at radius 2 is 1.89 bits per heavy atom. The molecule has 0 aromatic heterocycles. The highest BCUT2D eigenvalue weighted by Crippen LogP contribution is 2.32. The normalized spacial score (nSPS) is 14.9. The first-order valence-corrected chi connectivity index (χ1v) is 9.71. The summed E-state index contributed by atoms with van der Waals surface area (Å²) >= 11 is 12.5. The Kier molecular flexibility index (Phi) is 6.47. The Balaban J connectivity index is 1.56. The number of quaternary nitrogens is 1. The van der Waals surface area contributed by atoms with Crippen LogP contribution in [0.15, 0.2) is 36.4 Å². The number of nitrogens with zero attached hydrogens (tertiary/aromatic N) is 1. The number of carbonyl (C=O) groups excluding carboxylic acids is 1. The Hall–Kier alpha value is -1.95. The number of amides is 1. The van der Waals surface area contributed by atoms with Gasteiger partial charge in [-0.3, -0.25) is 4.79 Å². The highest BCUT2D eigenvalue weighted by Gasteiger charge is 2.24. The van der Waals surface area contributed by atoms with Crippen molar-refractivity contribution in [2.24, 2.45) is 0 Å². The van der Waals surface area contributed by atoms with Crippen LogP contribution in [-0.4, -0.2) is 45.7 Å². The van der Waals surface area contributed by atoms with Crippen molar-refractivity contribution < 1.29 is 14.4 Å². The van der Waals surface area contributed by atoms with Gasteiger partial charge in [-0.25, -0.2) is 0 Å². The Bertz CT molecular complexity index is 821. The quantitative estimate of drug-likeness (QED) is 0.799. The summed E-state index contributed by atoms with van der Waals surface area (Å²) in [7, 11) is 1.69. The van der Waals surface area contributed by atoms with Crippen molar-refractivity contribution in [1.82, 2.24) is 0 Å². The van der Waals surface area contributed by atoms with Gasteiger partial charge >= 0.3 is 0 Å². The highest BCUT2D eigenvalue weighted by molar-refractivity contribution is 6.40. The number of hydrogen-bond acceptors (Lipinski definition) is 3. The number of aryl methyl sites for hydroxylation is 1. The van der Waals surface area contributed by atoms with E-state index in [9.17, 15) is 4.79 Å². The lowest BCUT2D eigenvalue weighted by Gasteiger charge is -2.34. The molecule has 0 unspecified atom stereocenters. The van der Waals surface area contributed by atoms with E-state index in [0.29, 0.717) is 22.3 Å². The maximum Gasteiger partial charge on any atom is 0.279 e. The molecule has 3 rings (SSSR count). The van der Waals surface area contributed by atoms with Gasteiger partial charge < -0.3 is 19.9 Å². The lowest BCUT2D eigenvalue weighted by atomic mass is 10.2. The second-order valence-electron chi connectivity index (χ2n) is 6.69. The zero-order valence-corrected chi connectivity index (χ0v) is 17.0. The number of ether oxygens (including phenoxy) is 1. The van der Waals surface area contributed by atoms with Crippen LogP contribution in [0.2, 0.25) is 10.0 Å². The number of benzene rings is 2. The first kappa shape index (κ1) is 19.8. The molecule has 2 N–H and O–H groups in total. The molecular weight excluding hydrogens is 385 g/mol. The maximum absolute atomic E-state index is 12.5. The number of carbonyl (C=O) groups is 1. The monoisotopic (exact) mass is 408 g/mol. The lowest BCUT2D eigenvalue weighted by Crippen LogP contribution is -3.15. The van der Waals surface area contributed by atoms with E-state index in [2.05, 4.69) is 16.3 Å². The summed E-state index contributed by atoms with van der Waals surface area (Å²) in [5.41, 5.74) is 2.48. The third kappa shape index (κ3) is 4.67. The maximum atomic E-state index is 12.5. The summed E-state index contributed by atoms with van der Waals surface area (Å²) in [5.74, 6) is 0.799. The molecule has 1 aliphatic heterocycles. The topological polar surface area (TPSA) is 46.0 Å². The summed E-state index contributed by atoms with van der Waals surface area (Å²) in [6, 6.07) is 11.6. The predicted octanol–water partition coefficient (Wildman–Crippen LogP) is 2.65. The van der Waals surface area contributed by atoms with Gasteiger partial charge in [-0.15, -0.1) is 0 Å². The van der Waals surface area contributed by atoms with Gasteiger partial charge in [-0.2, -0.15) is 0 Å². The fraction of sp³-hybridized carbons (Fsp3) is 0.350. The largest absolute Gasteiger partial charge is 0.495 e. The minimum absolute atomic E-state index is 0.0786. The number of hydrogen-bond donors (Lipinski definition) is 2. The molecule has 5 nitrogen and oxygen atoms in total. The number of halogens is 2. The van der Waals surface area contributed by atoms with Crippen LogP contribution in [0.3, 0.4) is 0 Å². The van der Waals surface area contributed by atoms with Gasteiger partial charge in [0.2, 0.25) is 0 Å². The van der Waals surface area contributed by atoms with E-state index in [1.807, 2.05) is 31.2 Å². The molecule has 1 saturated heterocycles. The van der Waals surface area contributed by atoms with E-state index in [0.717, 1.165) is 43.2 Å². The minimum atomic E-state index is -0.0786. The second-order valence-corrected chi connectivity index (χ2v) is 7.47. The molecule has 1 fully saturated rings. The molecule has 0 aliphatic carbocycles. The molecule has 0 atom stereocenters. The molecule has 0 saturated carbocycles. The van der Waals surface area contributed by atoms with E-state index in [-0.39, 0.29) is 5.91 Å². The van der Waals surface area contributed by atoms with E-state index in [4.69, 9.17) is 27.9 Å². The van der Waals surface area contributed by atoms with E-state index < -0.39 is 0 Å². The highest BCUT2D eigenvalue weighted by atomic mass is 35.5. The molecule has 0 radical (unpaired) electrons. The summed E-state index contributed by atoms with van der Waals surface area (Å²) in [6.07, 6.45) is 0. The number of nitrogens with one attached hydrogen (secondary N) is 2. The minimum Gasteiger partial charge on any atom is -0.495 e. The van der Waals surface area contributed by atoms with E-state index in [1.165, 1.54) is 4.90 Å². The molecule has 1 heterocycles. The van der Waals surface area contributed by atoms with Gasteiger partial charge in [0.25, 0.3) is 5.91 Å². The lowest BCUT2D eigenvalue weighted by molar-refractivity contribution is -0.892. The van der Waals surface area contributed by atoms with Gasteiger partial charge in [0.05, 0.1) is 54.7 Å². The van der Waals surface area contributed by atoms with Crippen LogP contribution in [0.1, 0.15) is 5.56 Å². The van der Waals surface area contributed by atoms with E-state index in [1.54, 1.807) is 13.2 Å². The van der Waals surface area contributed by atoms with Crippen LogP contribution in [0.5, 0.6) is 5.75 Å². The van der Waals surface area contributed by atoms with Crippen LogP contribution in [0.25, 0.3) is 0 Å². The number of piperazine rings is 1. The van der Waals surface area contributed by atoms with Crippen molar-refractivity contribution in [1.29, 1.82) is 0 Å². The first-order valence-electron chi connectivity index (χ1n) is 8.95. The molecule has 2 aromatic carbocycles. The molecule has 0 bridgehead atoms. The standard InChI is InChI=1S/C20H23Cl2N3O2/c1-14-7-8-15(21)20(19(14)22)23-18(26)13-24-9-11-25(12-10-24)16-5-3-4-6-17(16)27-2/h3-8H,9-13H2,1-2H3,(H,23,26)/p+1. The van der Waals surface area contributed by atoms with Crippen molar-refractivity contribution in [3.63, 3.8) is 0 Å². The molecule has 0 spiro atoms. The van der Waals surface area contributed by atoms with Crippen molar-refractivity contribution in [3.8, 4) is 5.75 Å². The zero-order valence-electron chi connectivity index (χ0n) is 15.5. The predicted molar refractivity (Wildman–Crippen MR) is 111 cm³/mol. The Labute approximate surface area is 169 Å². The van der Waals surface area contributed by atoms with Crippen molar-refractivity contribution >= 4 is 40.5 Å². The second kappa shape index (κ2) is 8.83. The smallest absolute Gasteiger partial charge is 0.279 e. The SMILES string of the molecule is COc1ccccc1N1CC[NH+](CC(=O)Nc2c(Cl)ccc(C)c2Cl)CC1. The van der Waals surface area contributed by atoms with Crippen LogP contribution in [-0.2, 0) is 4.79 Å². The average molecular weight is 409 g/mol. The Morgan fingerprint density at radius 3 is 2.59 bits per heavy atom. The number of para-hydroxylation sites is 2. The van der Waals surface area contributed by atoms with Gasteiger partial charge in [0.15, 0.2) is 6.54 Å². The van der Waals surface area contributed by atoms with E-state index >= 15 is 0 Å². The summed E-state index contributed by atoms with van der Waals surface area (Å²) in [6.45, 7) is 5.77. The molecule has 1 aliphatic rings. The summed E-state index contributed by atoms with van der Waals surface area (Å²) in [4.78, 5) is 16.0. The Morgan fingerprint density at radius 1 is 1.19 bits per heavy atom. The fourth-order valence-corrected chi connectivity index (χ4v) is 3.78. The van der Waals surface area contributed by atoms with Crippen LogP contribution >= 0.6 is 23.2 Å². The van der Waals surface area contributed by atoms with Gasteiger partial charge in [-0.05, 0) is 30.7 Å². The third-order valence-corrected chi connectivity index (χ3v) is 5.66. The molecule has 2 aromatic rings. The summed E-state index contributed by atoms with van der Waals surface area (Å²) in [5, 5.41) is 3.82. The molecule has 1 amide bonds. The van der Waals surface area contributed by atoms with Crippen molar-refractivity contribution in [2.75, 3.05) is 50.1 Å². The number of rotatable bonds is 5. The average Bonchev–Trinajstić information content (AvgIpc) is 2.69. The van der Waals surface area contributed by atoms with Crippen molar-refractivity contribution in [2.45, 2.75) is 6.92 Å². The zero-order chi connectivity index (χ0) is 19.4.